The lowest BCUT2D eigenvalue weighted by molar-refractivity contribution is 0.0696. The van der Waals surface area contributed by atoms with Crippen LogP contribution in [0.4, 0.5) is 0 Å². The minimum Gasteiger partial charge on any atom is -0.478 e. The average Bonchev–Trinajstić information content (AvgIpc) is 2.29. The van der Waals surface area contributed by atoms with E-state index in [1.54, 1.807) is 0 Å². The molecule has 0 aromatic carbocycles. The molecule has 1 aromatic rings. The molecule has 1 rings (SSSR count). The van der Waals surface area contributed by atoms with Gasteiger partial charge in [0.15, 0.2) is 5.03 Å². The van der Waals surface area contributed by atoms with Gasteiger partial charge in [0.1, 0.15) is 0 Å². The van der Waals surface area contributed by atoms with Gasteiger partial charge in [0, 0.05) is 19.8 Å². The number of carboxylic acid groups (broad SMARTS) is 1. The van der Waals surface area contributed by atoms with E-state index in [2.05, 4.69) is 4.98 Å². The topological polar surface area (TPSA) is 87.6 Å². The van der Waals surface area contributed by atoms with E-state index in [1.807, 2.05) is 6.92 Å². The van der Waals surface area contributed by atoms with Gasteiger partial charge in [-0.3, -0.25) is 0 Å². The third kappa shape index (κ3) is 3.01. The second-order valence-corrected chi connectivity index (χ2v) is 5.51. The normalized spacial score (nSPS) is 11.7. The van der Waals surface area contributed by atoms with Crippen LogP contribution < -0.4 is 0 Å². The third-order valence-electron chi connectivity index (χ3n) is 2.20. The SMILES string of the molecule is CCCN(C)S(=O)(=O)c1ccc(C(=O)O)cn1. The van der Waals surface area contributed by atoms with Crippen LogP contribution in [0.1, 0.15) is 23.7 Å². The van der Waals surface area contributed by atoms with Gasteiger partial charge in [0.2, 0.25) is 0 Å². The molecule has 17 heavy (non-hydrogen) atoms. The fourth-order valence-electron chi connectivity index (χ4n) is 1.25. The summed E-state index contributed by atoms with van der Waals surface area (Å²) < 4.78 is 25.0. The molecule has 0 bridgehead atoms. The zero-order valence-corrected chi connectivity index (χ0v) is 10.4. The van der Waals surface area contributed by atoms with E-state index >= 15 is 0 Å². The highest BCUT2D eigenvalue weighted by molar-refractivity contribution is 7.89. The number of pyridine rings is 1. The fourth-order valence-corrected chi connectivity index (χ4v) is 2.42. The van der Waals surface area contributed by atoms with Crippen molar-refractivity contribution >= 4 is 16.0 Å². The van der Waals surface area contributed by atoms with Crippen LogP contribution in [0.2, 0.25) is 0 Å². The van der Waals surface area contributed by atoms with Gasteiger partial charge in [-0.25, -0.2) is 18.2 Å². The van der Waals surface area contributed by atoms with Crippen molar-refractivity contribution in [1.82, 2.24) is 9.29 Å². The number of aromatic nitrogens is 1. The van der Waals surface area contributed by atoms with Crippen LogP contribution in [0, 0.1) is 0 Å². The third-order valence-corrected chi connectivity index (χ3v) is 3.97. The molecule has 0 aliphatic rings. The van der Waals surface area contributed by atoms with Crippen LogP contribution in [0.25, 0.3) is 0 Å². The standard InChI is InChI=1S/C10H14N2O4S/c1-3-6-12(2)17(15,16)9-5-4-8(7-11-9)10(13)14/h4-5,7H,3,6H2,1-2H3,(H,13,14). The Morgan fingerprint density at radius 1 is 1.47 bits per heavy atom. The van der Waals surface area contributed by atoms with Crippen LogP contribution >= 0.6 is 0 Å². The van der Waals surface area contributed by atoms with Crippen LogP contribution in [-0.4, -0.2) is 42.4 Å². The summed E-state index contributed by atoms with van der Waals surface area (Å²) in [6.07, 6.45) is 1.73. The Labute approximate surface area is 100.0 Å². The van der Waals surface area contributed by atoms with E-state index in [4.69, 9.17) is 5.11 Å². The van der Waals surface area contributed by atoms with Crippen molar-refractivity contribution in [2.45, 2.75) is 18.4 Å². The number of carbonyl (C=O) groups is 1. The van der Waals surface area contributed by atoms with Crippen molar-refractivity contribution in [3.05, 3.63) is 23.9 Å². The van der Waals surface area contributed by atoms with Crippen LogP contribution in [0.15, 0.2) is 23.4 Å². The molecule has 7 heteroatoms. The summed E-state index contributed by atoms with van der Waals surface area (Å²) in [7, 11) is -2.15. The Balaban J connectivity index is 3.04. The van der Waals surface area contributed by atoms with Crippen molar-refractivity contribution in [2.75, 3.05) is 13.6 Å². The molecule has 6 nitrogen and oxygen atoms in total. The minimum atomic E-state index is -3.61. The molecule has 0 spiro atoms. The lowest BCUT2D eigenvalue weighted by Gasteiger charge is -2.15. The number of rotatable bonds is 5. The van der Waals surface area contributed by atoms with Crippen molar-refractivity contribution < 1.29 is 18.3 Å². The number of carboxylic acids is 1. The van der Waals surface area contributed by atoms with Crippen molar-refractivity contribution in [1.29, 1.82) is 0 Å². The summed E-state index contributed by atoms with van der Waals surface area (Å²) in [5.74, 6) is -1.14. The molecule has 0 saturated carbocycles. The Kier molecular flexibility index (Phi) is 4.19. The van der Waals surface area contributed by atoms with Crippen LogP contribution in [0.3, 0.4) is 0 Å². The molecule has 0 amide bonds. The molecular weight excluding hydrogens is 244 g/mol. The predicted octanol–water partition coefficient (Wildman–Crippen LogP) is 0.810. The van der Waals surface area contributed by atoms with E-state index < -0.39 is 16.0 Å². The summed E-state index contributed by atoms with van der Waals surface area (Å²) >= 11 is 0. The van der Waals surface area contributed by atoms with Crippen molar-refractivity contribution in [3.63, 3.8) is 0 Å². The largest absolute Gasteiger partial charge is 0.478 e. The van der Waals surface area contributed by atoms with Crippen LogP contribution in [0.5, 0.6) is 0 Å². The zero-order chi connectivity index (χ0) is 13.1. The first-order chi connectivity index (χ1) is 7.89. The molecule has 1 N–H and O–H groups in total. The van der Waals surface area contributed by atoms with Gasteiger partial charge in [0.25, 0.3) is 10.0 Å². The minimum absolute atomic E-state index is 0.0397. The highest BCUT2D eigenvalue weighted by atomic mass is 32.2. The quantitative estimate of drug-likeness (QED) is 0.844. The number of nitrogens with zero attached hydrogens (tertiary/aromatic N) is 2. The maximum Gasteiger partial charge on any atom is 0.337 e. The number of aromatic carboxylic acids is 1. The lowest BCUT2D eigenvalue weighted by atomic mass is 10.3. The second-order valence-electron chi connectivity index (χ2n) is 3.52. The first-order valence-corrected chi connectivity index (χ1v) is 6.49. The van der Waals surface area contributed by atoms with Gasteiger partial charge in [-0.1, -0.05) is 6.92 Å². The Morgan fingerprint density at radius 2 is 2.12 bits per heavy atom. The number of hydrogen-bond donors (Lipinski definition) is 1. The molecule has 1 heterocycles. The van der Waals surface area contributed by atoms with Gasteiger partial charge in [-0.05, 0) is 18.6 Å². The Morgan fingerprint density at radius 3 is 2.53 bits per heavy atom. The van der Waals surface area contributed by atoms with Crippen LogP contribution in [-0.2, 0) is 10.0 Å². The second kappa shape index (κ2) is 5.24. The Bertz CT molecular complexity index is 496. The number of sulfonamides is 1. The van der Waals surface area contributed by atoms with E-state index in [0.29, 0.717) is 13.0 Å². The molecule has 0 saturated heterocycles. The molecular formula is C10H14N2O4S. The maximum absolute atomic E-state index is 11.9. The maximum atomic E-state index is 11.9. The van der Waals surface area contributed by atoms with E-state index in [1.165, 1.54) is 23.5 Å². The summed E-state index contributed by atoms with van der Waals surface area (Å²) in [5, 5.41) is 8.53. The molecule has 0 radical (unpaired) electrons. The van der Waals surface area contributed by atoms with Crippen molar-refractivity contribution in [2.24, 2.45) is 0 Å². The summed E-state index contributed by atoms with van der Waals surface area (Å²) in [6, 6.07) is 2.42. The molecule has 0 unspecified atom stereocenters. The van der Waals surface area contributed by atoms with Gasteiger partial charge in [-0.15, -0.1) is 0 Å². The monoisotopic (exact) mass is 258 g/mol. The highest BCUT2D eigenvalue weighted by Gasteiger charge is 2.21. The molecule has 0 aliphatic carbocycles. The smallest absolute Gasteiger partial charge is 0.337 e. The molecule has 0 fully saturated rings. The average molecular weight is 258 g/mol. The van der Waals surface area contributed by atoms with E-state index in [0.717, 1.165) is 6.20 Å². The van der Waals surface area contributed by atoms with Gasteiger partial charge < -0.3 is 5.11 Å². The zero-order valence-electron chi connectivity index (χ0n) is 9.62. The number of hydrogen-bond acceptors (Lipinski definition) is 4. The molecule has 1 aromatic heterocycles. The van der Waals surface area contributed by atoms with Gasteiger partial charge >= 0.3 is 5.97 Å². The van der Waals surface area contributed by atoms with Gasteiger partial charge in [-0.2, -0.15) is 4.31 Å². The molecule has 0 aliphatic heterocycles. The molecule has 94 valence electrons. The lowest BCUT2D eigenvalue weighted by Crippen LogP contribution is -2.28. The van der Waals surface area contributed by atoms with E-state index in [9.17, 15) is 13.2 Å². The fraction of sp³-hybridized carbons (Fsp3) is 0.400. The summed E-state index contributed by atoms with van der Waals surface area (Å²) in [4.78, 5) is 14.3. The summed E-state index contributed by atoms with van der Waals surface area (Å²) in [5.41, 5.74) is -0.0397. The first-order valence-electron chi connectivity index (χ1n) is 5.05. The molecule has 0 atom stereocenters. The van der Waals surface area contributed by atoms with Crippen molar-refractivity contribution in [3.8, 4) is 0 Å². The van der Waals surface area contributed by atoms with E-state index in [-0.39, 0.29) is 10.6 Å². The van der Waals surface area contributed by atoms with Gasteiger partial charge in [0.05, 0.1) is 5.56 Å². The summed E-state index contributed by atoms with van der Waals surface area (Å²) in [6.45, 7) is 2.26. The first kappa shape index (κ1) is 13.6. The Hall–Kier alpha value is -1.47. The highest BCUT2D eigenvalue weighted by Crippen LogP contribution is 2.12. The predicted molar refractivity (Wildman–Crippen MR) is 61.3 cm³/mol.